The van der Waals surface area contributed by atoms with E-state index in [-0.39, 0.29) is 88.1 Å². The van der Waals surface area contributed by atoms with Crippen molar-refractivity contribution in [2.24, 2.45) is 16.7 Å². The maximum atomic E-state index is 16.4. The summed E-state index contributed by atoms with van der Waals surface area (Å²) in [5.74, 6) is 3.37. The summed E-state index contributed by atoms with van der Waals surface area (Å²) in [6.07, 6.45) is -0.185. The lowest BCUT2D eigenvalue weighted by Gasteiger charge is -2.39. The zero-order valence-corrected chi connectivity index (χ0v) is 40.2. The molecule has 5 aliphatic heterocycles. The van der Waals surface area contributed by atoms with Crippen LogP contribution in [0.3, 0.4) is 0 Å². The molecule has 1 aliphatic carbocycles. The number of carbonyl (C=O) groups excluding carboxylic acids is 5. The predicted molar refractivity (Wildman–Crippen MR) is 255 cm³/mol. The number of nitrogens with zero attached hydrogens (tertiary/aromatic N) is 3. The first-order valence-electron chi connectivity index (χ1n) is 23.8. The maximum Gasteiger partial charge on any atom is 0.433 e. The molecule has 3 saturated heterocycles. The minimum absolute atomic E-state index is 0.0158. The van der Waals surface area contributed by atoms with Crippen molar-refractivity contribution in [2.75, 3.05) is 37.4 Å². The second-order valence-electron chi connectivity index (χ2n) is 20.9. The van der Waals surface area contributed by atoms with Gasteiger partial charge >= 0.3 is 6.18 Å². The van der Waals surface area contributed by atoms with Gasteiger partial charge in [-0.05, 0) is 91.1 Å². The van der Waals surface area contributed by atoms with Gasteiger partial charge in [-0.3, -0.25) is 34.3 Å². The number of pyridine rings is 1. The smallest absolute Gasteiger partial charge is 0.433 e. The van der Waals surface area contributed by atoms with Gasteiger partial charge in [-0.25, -0.2) is 4.39 Å². The third kappa shape index (κ3) is 8.56. The predicted octanol–water partition coefficient (Wildman–Crippen LogP) is 7.82. The minimum Gasteiger partial charge on any atom is -0.495 e. The van der Waals surface area contributed by atoms with E-state index in [2.05, 4.69) is 38.1 Å². The molecular formula is C53H52ClF4N7O6. The topological polar surface area (TPSA) is 162 Å². The number of hydrogen-bond donors (Lipinski definition) is 4. The van der Waals surface area contributed by atoms with Gasteiger partial charge in [0.15, 0.2) is 0 Å². The van der Waals surface area contributed by atoms with Crippen LogP contribution in [0.2, 0.25) is 5.02 Å². The molecule has 6 heterocycles. The normalized spacial score (nSPS) is 26.7. The molecule has 3 aromatic carbocycles. The lowest BCUT2D eigenvalue weighted by Crippen LogP contribution is -2.52. The van der Waals surface area contributed by atoms with E-state index in [0.29, 0.717) is 41.8 Å². The highest BCUT2D eigenvalue weighted by Crippen LogP contribution is 2.59. The van der Waals surface area contributed by atoms with Crippen molar-refractivity contribution in [1.82, 2.24) is 25.4 Å². The zero-order valence-electron chi connectivity index (χ0n) is 39.5. The average molecular weight is 994 g/mol. The molecule has 18 heteroatoms. The lowest BCUT2D eigenvalue weighted by atomic mass is 9.63. The molecule has 1 unspecified atom stereocenters. The molecule has 1 aromatic heterocycles. The maximum absolute atomic E-state index is 16.4. The number of anilines is 2. The van der Waals surface area contributed by atoms with Gasteiger partial charge in [0.1, 0.15) is 23.3 Å². The summed E-state index contributed by atoms with van der Waals surface area (Å²) in [6.45, 7) is 7.35. The SMILES string of the molecule is COc1cc(C(=O)N2CCC[C@@]3(C[C@H]3C#Cc3cccc4c3CN(C3CCC(=O)NC3=O)C4=O)C2)ccc1NC(=O)[C@@H]1N[C@@H](CC(C)(C)C)[C@@]2(CNc3cc(C(F)(F)F)ncc32)[C@H]1c1cccc(Cl)c1F. The number of halogens is 5. The highest BCUT2D eigenvalue weighted by atomic mass is 35.5. The van der Waals surface area contributed by atoms with Crippen molar-refractivity contribution in [1.29, 1.82) is 0 Å². The first-order valence-corrected chi connectivity index (χ1v) is 24.2. The van der Waals surface area contributed by atoms with Gasteiger partial charge in [0.05, 0.1) is 23.9 Å². The molecule has 4 N–H and O–H groups in total. The molecule has 4 aromatic rings. The number of imide groups is 1. The summed E-state index contributed by atoms with van der Waals surface area (Å²) in [5.41, 5.74) is 0.490. The van der Waals surface area contributed by atoms with Crippen LogP contribution < -0.4 is 26.0 Å². The van der Waals surface area contributed by atoms with Crippen LogP contribution in [0.4, 0.5) is 28.9 Å². The van der Waals surface area contributed by atoms with Crippen LogP contribution in [-0.2, 0) is 32.5 Å². The summed E-state index contributed by atoms with van der Waals surface area (Å²) in [7, 11) is 1.42. The molecule has 0 bridgehead atoms. The molecule has 2 spiro atoms. The fourth-order valence-electron chi connectivity index (χ4n) is 11.9. The van der Waals surface area contributed by atoms with Crippen LogP contribution in [0, 0.1) is 34.4 Å². The number of fused-ring (bicyclic) bond motifs is 3. The van der Waals surface area contributed by atoms with E-state index in [4.69, 9.17) is 16.3 Å². The fourth-order valence-corrected chi connectivity index (χ4v) is 12.0. The minimum atomic E-state index is -4.71. The van der Waals surface area contributed by atoms with Crippen molar-refractivity contribution >= 4 is 52.5 Å². The van der Waals surface area contributed by atoms with Gasteiger partial charge in [0.25, 0.3) is 11.8 Å². The third-order valence-corrected chi connectivity index (χ3v) is 15.6. The van der Waals surface area contributed by atoms with Crippen LogP contribution in [0.15, 0.2) is 66.9 Å². The van der Waals surface area contributed by atoms with Gasteiger partial charge in [0.2, 0.25) is 17.7 Å². The Morgan fingerprint density at radius 2 is 1.85 bits per heavy atom. The highest BCUT2D eigenvalue weighted by molar-refractivity contribution is 6.30. The van der Waals surface area contributed by atoms with Gasteiger partial charge in [-0.15, -0.1) is 0 Å². The third-order valence-electron chi connectivity index (χ3n) is 15.3. The number of benzene rings is 3. The Balaban J connectivity index is 0.873. The Labute approximate surface area is 412 Å². The van der Waals surface area contributed by atoms with Gasteiger partial charge < -0.3 is 30.5 Å². The largest absolute Gasteiger partial charge is 0.495 e. The summed E-state index contributed by atoms with van der Waals surface area (Å²) < 4.78 is 63.9. The van der Waals surface area contributed by atoms with E-state index >= 15 is 4.39 Å². The number of amides is 5. The summed E-state index contributed by atoms with van der Waals surface area (Å²) in [5, 5.41) is 11.8. The Bertz CT molecular complexity index is 2990. The van der Waals surface area contributed by atoms with Gasteiger partial charge in [0, 0.05) is 95.4 Å². The van der Waals surface area contributed by atoms with Crippen LogP contribution >= 0.6 is 11.6 Å². The lowest BCUT2D eigenvalue weighted by molar-refractivity contribution is -0.141. The monoisotopic (exact) mass is 993 g/mol. The number of likely N-dealkylation sites (tertiary alicyclic amines) is 1. The number of rotatable bonds is 7. The Hall–Kier alpha value is -6.51. The molecule has 4 fully saturated rings. The number of nitrogens with one attached hydrogen (secondary N) is 4. The standard InChI is InChI=1S/C53H52ClF4N7O6/c1-50(2,3)23-41-52(26-60-37-21-40(53(56,57)58)59-24-34(37)52)43(32-10-6-11-35(54)44(32)55)45(62-41)47(68)61-36-15-13-29(20-39(36)71-4)48(69)64-19-7-18-51(27-64)22-30(51)14-12-28-8-5-9-31-33(28)25-65(49(31)70)38-16-17-42(66)63-46(38)67/h5-6,8-11,13,15,20-21,24,30,38,41,43,45,60,62H,7,16-19,22-23,25-27H2,1-4H3,(H,61,68)(H,63,66,67)/t30-,38?,41+,43+,45-,51-,52+/m1/s1. The molecule has 370 valence electrons. The van der Waals surface area contributed by atoms with E-state index in [1.807, 2.05) is 31.7 Å². The first-order chi connectivity index (χ1) is 33.7. The summed E-state index contributed by atoms with van der Waals surface area (Å²) >= 11 is 6.38. The van der Waals surface area contributed by atoms with E-state index in [1.54, 1.807) is 42.5 Å². The fraction of sp³-hybridized carbons (Fsp3) is 0.434. The first kappa shape index (κ1) is 48.1. The number of methoxy groups -OCH3 is 1. The molecule has 13 nitrogen and oxygen atoms in total. The van der Waals surface area contributed by atoms with Crippen molar-refractivity contribution < 1.29 is 46.3 Å². The zero-order chi connectivity index (χ0) is 50.4. The summed E-state index contributed by atoms with van der Waals surface area (Å²) in [6, 6.07) is 13.2. The Kier molecular flexibility index (Phi) is 12.0. The van der Waals surface area contributed by atoms with Gasteiger partial charge in [-0.1, -0.05) is 62.4 Å². The second kappa shape index (κ2) is 17.7. The van der Waals surface area contributed by atoms with Crippen molar-refractivity contribution in [2.45, 2.75) is 101 Å². The number of hydrogen-bond acceptors (Lipinski definition) is 9. The van der Waals surface area contributed by atoms with E-state index in [0.717, 1.165) is 30.9 Å². The number of carbonyl (C=O) groups is 5. The molecule has 5 amide bonds. The van der Waals surface area contributed by atoms with Crippen LogP contribution in [0.5, 0.6) is 5.75 Å². The Morgan fingerprint density at radius 1 is 1.06 bits per heavy atom. The number of ether oxygens (including phenoxy) is 1. The van der Waals surface area contributed by atoms with E-state index < -0.39 is 59.0 Å². The molecule has 6 aliphatic rings. The Morgan fingerprint density at radius 3 is 2.59 bits per heavy atom. The van der Waals surface area contributed by atoms with Gasteiger partial charge in [-0.2, -0.15) is 13.2 Å². The number of piperidine rings is 2. The molecule has 7 atom stereocenters. The van der Waals surface area contributed by atoms with Crippen molar-refractivity contribution in [3.63, 3.8) is 0 Å². The summed E-state index contributed by atoms with van der Waals surface area (Å²) in [4.78, 5) is 74.0. The van der Waals surface area contributed by atoms with Crippen molar-refractivity contribution in [3.05, 3.63) is 117 Å². The van der Waals surface area contributed by atoms with Crippen LogP contribution in [0.1, 0.15) is 114 Å². The van der Waals surface area contributed by atoms with E-state index in [9.17, 15) is 37.1 Å². The van der Waals surface area contributed by atoms with Crippen LogP contribution in [-0.4, -0.2) is 89.2 Å². The highest BCUT2D eigenvalue weighted by Gasteiger charge is 2.62. The van der Waals surface area contributed by atoms with Crippen LogP contribution in [0.25, 0.3) is 0 Å². The van der Waals surface area contributed by atoms with Crippen molar-refractivity contribution in [3.8, 4) is 17.6 Å². The molecule has 71 heavy (non-hydrogen) atoms. The van der Waals surface area contributed by atoms with E-state index in [1.165, 1.54) is 24.3 Å². The molecule has 0 radical (unpaired) electrons. The average Bonchev–Trinajstić information content (AvgIpc) is 3.54. The number of aromatic nitrogens is 1. The second-order valence-corrected chi connectivity index (χ2v) is 21.4. The molecule has 1 saturated carbocycles. The molecular weight excluding hydrogens is 942 g/mol. The quantitative estimate of drug-likeness (QED) is 0.0823. The molecule has 10 rings (SSSR count). The number of alkyl halides is 3.